The number of nitriles is 1. The largest absolute Gasteiger partial charge is 0.475 e. The average molecular weight is 173 g/mol. The van der Waals surface area contributed by atoms with E-state index in [9.17, 15) is 0 Å². The fraction of sp³-hybridized carbons (Fsp3) is 0.333. The second-order valence-electron chi connectivity index (χ2n) is 1.36. The molecular weight excluding hydrogens is 166 g/mol. The topological polar surface area (TPSA) is 33.0 Å². The van der Waals surface area contributed by atoms with Crippen LogP contribution in [-0.4, -0.2) is 11.0 Å². The second kappa shape index (κ2) is 6.59. The van der Waals surface area contributed by atoms with Gasteiger partial charge in [0.25, 0.3) is 0 Å². The molecule has 0 aliphatic carbocycles. The van der Waals surface area contributed by atoms with Gasteiger partial charge in [0.15, 0.2) is 5.05 Å². The number of ether oxygens (including phenoxy) is 1. The van der Waals surface area contributed by atoms with Crippen molar-refractivity contribution in [1.29, 1.82) is 5.26 Å². The van der Waals surface area contributed by atoms with Crippen molar-refractivity contribution in [1.82, 2.24) is 0 Å². The maximum Gasteiger partial charge on any atom is 0.164 e. The normalized spacial score (nSPS) is 7.90. The number of thiocarbonyl (C=S) groups is 1. The maximum absolute atomic E-state index is 8.08. The Morgan fingerprint density at radius 2 is 2.60 bits per heavy atom. The van der Waals surface area contributed by atoms with E-state index in [-0.39, 0.29) is 0 Å². The molecule has 0 rings (SSSR count). The molecule has 0 aromatic heterocycles. The zero-order chi connectivity index (χ0) is 7.82. The molecule has 0 radical (unpaired) electrons. The molecule has 0 unspecified atom stereocenters. The zero-order valence-corrected chi connectivity index (χ0v) is 7.00. The smallest absolute Gasteiger partial charge is 0.164 e. The van der Waals surface area contributed by atoms with Gasteiger partial charge in [0, 0.05) is 6.42 Å². The van der Waals surface area contributed by atoms with Crippen molar-refractivity contribution in [3.63, 3.8) is 0 Å². The molecule has 54 valence electrons. The van der Waals surface area contributed by atoms with Crippen LogP contribution in [0.3, 0.4) is 0 Å². The molecular formula is C6H7NOS2. The van der Waals surface area contributed by atoms with E-state index in [4.69, 9.17) is 22.2 Å². The third kappa shape index (κ3) is 5.60. The summed E-state index contributed by atoms with van der Waals surface area (Å²) in [7, 11) is 0. The van der Waals surface area contributed by atoms with Crippen LogP contribution in [0.1, 0.15) is 6.42 Å². The highest BCUT2D eigenvalue weighted by atomic mass is 32.2. The summed E-state index contributed by atoms with van der Waals surface area (Å²) < 4.78 is 4.92. The molecule has 0 bridgehead atoms. The quantitative estimate of drug-likeness (QED) is 0.214. The molecule has 0 amide bonds. The maximum atomic E-state index is 8.08. The third-order valence-corrected chi connectivity index (χ3v) is 1.30. The van der Waals surface area contributed by atoms with Crippen LogP contribution in [0.4, 0.5) is 0 Å². The summed E-state index contributed by atoms with van der Waals surface area (Å²) in [5.74, 6) is 0.309. The van der Waals surface area contributed by atoms with Gasteiger partial charge in [-0.25, -0.2) is 0 Å². The van der Waals surface area contributed by atoms with Gasteiger partial charge in [-0.05, 0) is 24.0 Å². The summed E-state index contributed by atoms with van der Waals surface area (Å²) in [6.45, 7) is 3.49. The fourth-order valence-electron chi connectivity index (χ4n) is 0.298. The van der Waals surface area contributed by atoms with Crippen molar-refractivity contribution in [3.8, 4) is 5.40 Å². The fourth-order valence-corrected chi connectivity index (χ4v) is 0.804. The first-order valence-corrected chi connectivity index (χ1v) is 3.98. The molecule has 10 heavy (non-hydrogen) atoms. The molecule has 0 fully saturated rings. The summed E-state index contributed by atoms with van der Waals surface area (Å²) >= 11 is 5.77. The van der Waals surface area contributed by atoms with Gasteiger partial charge in [-0.15, -0.1) is 6.58 Å². The Hall–Kier alpha value is -0.530. The average Bonchev–Trinajstić information content (AvgIpc) is 1.89. The van der Waals surface area contributed by atoms with Gasteiger partial charge in [0.05, 0.1) is 0 Å². The molecule has 0 saturated heterocycles. The van der Waals surface area contributed by atoms with Crippen molar-refractivity contribution >= 4 is 29.0 Å². The van der Waals surface area contributed by atoms with Crippen molar-refractivity contribution in [2.45, 2.75) is 6.42 Å². The van der Waals surface area contributed by atoms with Crippen molar-refractivity contribution < 1.29 is 4.74 Å². The third-order valence-electron chi connectivity index (χ3n) is 0.654. The van der Waals surface area contributed by atoms with Crippen molar-refractivity contribution in [3.05, 3.63) is 12.7 Å². The highest BCUT2D eigenvalue weighted by molar-refractivity contribution is 8.03. The summed E-state index contributed by atoms with van der Waals surface area (Å²) in [6, 6.07) is 0. The van der Waals surface area contributed by atoms with E-state index in [2.05, 4.69) is 6.58 Å². The minimum Gasteiger partial charge on any atom is -0.475 e. The highest BCUT2D eigenvalue weighted by Gasteiger charge is 1.92. The second-order valence-corrected chi connectivity index (χ2v) is 2.52. The van der Waals surface area contributed by atoms with Gasteiger partial charge < -0.3 is 4.74 Å². The predicted molar refractivity (Wildman–Crippen MR) is 46.6 cm³/mol. The SMILES string of the molecule is C=CCC(=S)OCSC#N. The van der Waals surface area contributed by atoms with E-state index in [0.29, 0.717) is 17.4 Å². The van der Waals surface area contributed by atoms with Gasteiger partial charge in [-0.2, -0.15) is 5.26 Å². The lowest BCUT2D eigenvalue weighted by Crippen LogP contribution is -1.98. The first kappa shape index (κ1) is 9.47. The Morgan fingerprint density at radius 1 is 1.90 bits per heavy atom. The van der Waals surface area contributed by atoms with E-state index < -0.39 is 0 Å². The van der Waals surface area contributed by atoms with Gasteiger partial charge in [-0.3, -0.25) is 0 Å². The summed E-state index contributed by atoms with van der Waals surface area (Å²) in [5, 5.41) is 10.4. The van der Waals surface area contributed by atoms with Crippen molar-refractivity contribution in [2.24, 2.45) is 0 Å². The Balaban J connectivity index is 3.23. The molecule has 0 spiro atoms. The van der Waals surface area contributed by atoms with Crippen LogP contribution in [0.25, 0.3) is 0 Å². The lowest BCUT2D eigenvalue weighted by atomic mass is 10.5. The van der Waals surface area contributed by atoms with Crippen LogP contribution in [0.5, 0.6) is 0 Å². The van der Waals surface area contributed by atoms with E-state index in [1.807, 2.05) is 5.40 Å². The van der Waals surface area contributed by atoms with Gasteiger partial charge in [-0.1, -0.05) is 6.08 Å². The van der Waals surface area contributed by atoms with Crippen LogP contribution in [0.2, 0.25) is 0 Å². The Labute approximate surface area is 69.9 Å². The lowest BCUT2D eigenvalue weighted by Gasteiger charge is -1.99. The number of hydrogen-bond acceptors (Lipinski definition) is 4. The molecule has 0 aromatic rings. The summed E-state index contributed by atoms with van der Waals surface area (Å²) in [6.07, 6.45) is 2.24. The monoisotopic (exact) mass is 173 g/mol. The standard InChI is InChI=1S/C6H7NOS2/c1-2-3-6(9)8-5-10-4-7/h2H,1,3,5H2. The van der Waals surface area contributed by atoms with Gasteiger partial charge >= 0.3 is 0 Å². The zero-order valence-electron chi connectivity index (χ0n) is 5.37. The Morgan fingerprint density at radius 3 is 3.10 bits per heavy atom. The van der Waals surface area contributed by atoms with E-state index in [1.165, 1.54) is 0 Å². The Kier molecular flexibility index (Phi) is 6.24. The number of thioether (sulfide) groups is 1. The predicted octanol–water partition coefficient (Wildman–Crippen LogP) is 2.08. The van der Waals surface area contributed by atoms with Crippen LogP contribution in [0.15, 0.2) is 12.7 Å². The molecule has 0 aliphatic heterocycles. The molecule has 4 heteroatoms. The van der Waals surface area contributed by atoms with Gasteiger partial charge in [0.2, 0.25) is 0 Å². The Bertz CT molecular complexity index is 162. The minimum atomic E-state index is 0.309. The number of rotatable bonds is 4. The molecule has 0 aromatic carbocycles. The molecule has 0 aliphatic rings. The summed E-state index contributed by atoms with van der Waals surface area (Å²) in [5.41, 5.74) is 0. The molecule has 0 heterocycles. The number of thiocyanates is 1. The number of hydrogen-bond donors (Lipinski definition) is 0. The molecule has 0 saturated carbocycles. The van der Waals surface area contributed by atoms with Crippen LogP contribution in [0, 0.1) is 10.7 Å². The lowest BCUT2D eigenvalue weighted by molar-refractivity contribution is 0.385. The van der Waals surface area contributed by atoms with Crippen molar-refractivity contribution in [2.75, 3.05) is 5.94 Å². The number of nitrogens with zero attached hydrogens (tertiary/aromatic N) is 1. The molecule has 2 nitrogen and oxygen atoms in total. The molecule has 0 N–H and O–H groups in total. The van der Waals surface area contributed by atoms with Crippen LogP contribution >= 0.6 is 24.0 Å². The van der Waals surface area contributed by atoms with Gasteiger partial charge in [0.1, 0.15) is 11.3 Å². The van der Waals surface area contributed by atoms with E-state index in [1.54, 1.807) is 6.08 Å². The minimum absolute atomic E-state index is 0.309. The van der Waals surface area contributed by atoms with Crippen LogP contribution in [-0.2, 0) is 4.74 Å². The highest BCUT2D eigenvalue weighted by Crippen LogP contribution is 1.99. The first-order valence-electron chi connectivity index (χ1n) is 2.58. The first-order chi connectivity index (χ1) is 4.81. The van der Waals surface area contributed by atoms with E-state index in [0.717, 1.165) is 11.8 Å². The van der Waals surface area contributed by atoms with E-state index >= 15 is 0 Å². The summed E-state index contributed by atoms with van der Waals surface area (Å²) in [4.78, 5) is 0. The molecule has 0 atom stereocenters. The van der Waals surface area contributed by atoms with Crippen LogP contribution < -0.4 is 0 Å².